The lowest BCUT2D eigenvalue weighted by Gasteiger charge is -2.09. The van der Waals surface area contributed by atoms with Crippen LogP contribution in [0, 0.1) is 0 Å². The van der Waals surface area contributed by atoms with Gasteiger partial charge < -0.3 is 9.97 Å². The molecule has 0 unspecified atom stereocenters. The molecular formula is C25H22N4S. The van der Waals surface area contributed by atoms with Gasteiger partial charge in [0.2, 0.25) is 0 Å². The number of thioether (sulfide) groups is 1. The van der Waals surface area contributed by atoms with Gasteiger partial charge in [-0.25, -0.2) is 9.97 Å². The van der Waals surface area contributed by atoms with E-state index >= 15 is 0 Å². The van der Waals surface area contributed by atoms with E-state index < -0.39 is 0 Å². The van der Waals surface area contributed by atoms with Crippen LogP contribution >= 0.6 is 11.8 Å². The average molecular weight is 411 g/mol. The van der Waals surface area contributed by atoms with E-state index in [1.54, 1.807) is 0 Å². The maximum Gasteiger partial charge on any atom is 0.0794 e. The highest BCUT2D eigenvalue weighted by Crippen LogP contribution is 2.38. The molecule has 3 aromatic rings. The molecular weight excluding hydrogens is 388 g/mol. The molecule has 4 nitrogen and oxygen atoms in total. The monoisotopic (exact) mass is 410 g/mol. The lowest BCUT2D eigenvalue weighted by molar-refractivity contribution is 0.886. The molecule has 30 heavy (non-hydrogen) atoms. The van der Waals surface area contributed by atoms with Crippen molar-refractivity contribution in [2.75, 3.05) is 0 Å². The predicted molar refractivity (Wildman–Crippen MR) is 127 cm³/mol. The van der Waals surface area contributed by atoms with Crippen molar-refractivity contribution in [3.05, 3.63) is 65.2 Å². The van der Waals surface area contributed by atoms with Gasteiger partial charge in [0.15, 0.2) is 0 Å². The Balaban J connectivity index is 1.62. The molecule has 3 aliphatic rings. The van der Waals surface area contributed by atoms with Crippen molar-refractivity contribution in [1.29, 1.82) is 0 Å². The Kier molecular flexibility index (Phi) is 4.34. The molecule has 1 aliphatic carbocycles. The highest BCUT2D eigenvalue weighted by atomic mass is 32.2. The van der Waals surface area contributed by atoms with E-state index in [4.69, 9.17) is 9.97 Å². The Morgan fingerprint density at radius 1 is 0.700 bits per heavy atom. The van der Waals surface area contributed by atoms with E-state index in [-0.39, 0.29) is 0 Å². The minimum atomic E-state index is 0.672. The van der Waals surface area contributed by atoms with Gasteiger partial charge in [0, 0.05) is 21.8 Å². The second kappa shape index (κ2) is 7.33. The zero-order valence-electron chi connectivity index (χ0n) is 16.6. The summed E-state index contributed by atoms with van der Waals surface area (Å²) < 4.78 is 0. The molecule has 2 N–H and O–H groups in total. The lowest BCUT2D eigenvalue weighted by Crippen LogP contribution is -1.95. The van der Waals surface area contributed by atoms with E-state index in [1.807, 2.05) is 23.9 Å². The Hall–Kier alpha value is -3.05. The van der Waals surface area contributed by atoms with Gasteiger partial charge in [-0.05, 0) is 79.6 Å². The van der Waals surface area contributed by atoms with Crippen LogP contribution in [0.1, 0.15) is 48.5 Å². The number of aromatic nitrogens is 4. The first-order valence-electron chi connectivity index (χ1n) is 10.5. The number of nitrogens with one attached hydrogen (secondary N) is 2. The predicted octanol–water partition coefficient (Wildman–Crippen LogP) is 6.69. The van der Waals surface area contributed by atoms with Gasteiger partial charge in [0.25, 0.3) is 0 Å². The van der Waals surface area contributed by atoms with Crippen LogP contribution in [-0.4, -0.2) is 25.2 Å². The van der Waals surface area contributed by atoms with Gasteiger partial charge in [-0.15, -0.1) is 11.8 Å². The summed E-state index contributed by atoms with van der Waals surface area (Å²) in [4.78, 5) is 18.0. The van der Waals surface area contributed by atoms with Crippen molar-refractivity contribution in [3.8, 4) is 0 Å². The van der Waals surface area contributed by atoms with Gasteiger partial charge in [0.1, 0.15) is 0 Å². The van der Waals surface area contributed by atoms with Crippen molar-refractivity contribution in [2.45, 2.75) is 35.8 Å². The molecule has 0 spiro atoms. The standard InChI is InChI=1S/C25H22N4S/c1-2-4-22(3-1)30-25-23-11-9-20(28-23)14-18-7-5-16(26-18)13-17-6-8-19(27-17)15-21-10-12-24(25)29-21/h5-15,22,26,28H,1-4H2. The summed E-state index contributed by atoms with van der Waals surface area (Å²) in [6.45, 7) is 0. The maximum absolute atomic E-state index is 4.94. The number of H-pyrrole nitrogens is 2. The third-order valence-electron chi connectivity index (χ3n) is 5.76. The number of aromatic amines is 2. The van der Waals surface area contributed by atoms with Crippen LogP contribution in [0.15, 0.2) is 47.4 Å². The summed E-state index contributed by atoms with van der Waals surface area (Å²) in [7, 11) is 0. The quantitative estimate of drug-likeness (QED) is 0.341. The molecule has 1 saturated carbocycles. The molecule has 148 valence electrons. The van der Waals surface area contributed by atoms with E-state index in [0.717, 1.165) is 44.8 Å². The smallest absolute Gasteiger partial charge is 0.0794 e. The van der Waals surface area contributed by atoms with Gasteiger partial charge in [-0.1, -0.05) is 12.8 Å². The molecule has 0 atom stereocenters. The van der Waals surface area contributed by atoms with Crippen molar-refractivity contribution >= 4 is 58.1 Å². The molecule has 0 saturated heterocycles. The highest BCUT2D eigenvalue weighted by molar-refractivity contribution is 8.00. The third-order valence-corrected chi connectivity index (χ3v) is 7.23. The molecule has 8 bridgehead atoms. The Morgan fingerprint density at radius 2 is 1.37 bits per heavy atom. The van der Waals surface area contributed by atoms with Gasteiger partial charge in [-0.2, -0.15) is 0 Å². The molecule has 1 fully saturated rings. The summed E-state index contributed by atoms with van der Waals surface area (Å²) in [6, 6.07) is 14.8. The van der Waals surface area contributed by atoms with Crippen molar-refractivity contribution in [3.63, 3.8) is 0 Å². The van der Waals surface area contributed by atoms with E-state index in [0.29, 0.717) is 5.25 Å². The molecule has 6 rings (SSSR count). The largest absolute Gasteiger partial charge is 0.355 e. The zero-order valence-corrected chi connectivity index (χ0v) is 17.4. The van der Waals surface area contributed by atoms with Crippen LogP contribution in [-0.2, 0) is 0 Å². The zero-order chi connectivity index (χ0) is 19.9. The Bertz CT molecular complexity index is 1340. The van der Waals surface area contributed by atoms with Gasteiger partial charge in [0.05, 0.1) is 33.2 Å². The summed E-state index contributed by atoms with van der Waals surface area (Å²) in [5, 5.41) is 0.672. The summed E-state index contributed by atoms with van der Waals surface area (Å²) in [5.74, 6) is 0. The summed E-state index contributed by atoms with van der Waals surface area (Å²) in [6.07, 6.45) is 13.6. The lowest BCUT2D eigenvalue weighted by atomic mass is 10.3. The van der Waals surface area contributed by atoms with Crippen molar-refractivity contribution < 1.29 is 0 Å². The second-order valence-electron chi connectivity index (χ2n) is 8.03. The summed E-state index contributed by atoms with van der Waals surface area (Å²) >= 11 is 1.98. The number of fused-ring (bicyclic) bond motifs is 8. The normalized spacial score (nSPS) is 15.9. The molecule has 5 heteroatoms. The number of rotatable bonds is 2. The molecule has 0 aromatic carbocycles. The van der Waals surface area contributed by atoms with Gasteiger partial charge in [-0.3, -0.25) is 0 Å². The molecule has 3 aromatic heterocycles. The first-order valence-corrected chi connectivity index (χ1v) is 11.4. The third kappa shape index (κ3) is 3.50. The second-order valence-corrected chi connectivity index (χ2v) is 9.34. The Morgan fingerprint density at radius 3 is 2.23 bits per heavy atom. The molecule has 2 aliphatic heterocycles. The van der Waals surface area contributed by atoms with E-state index in [1.165, 1.54) is 30.6 Å². The van der Waals surface area contributed by atoms with E-state index in [2.05, 4.69) is 64.6 Å². The SMILES string of the molecule is C1=Cc2cc3ccc(cc4ccc([nH]4)c(SC4CCCC4)c4nc(cc1n2)C=C4)[nH]3. The fraction of sp³-hybridized carbons (Fsp3) is 0.200. The first-order chi connectivity index (χ1) is 14.8. The molecule has 5 heterocycles. The van der Waals surface area contributed by atoms with E-state index in [9.17, 15) is 0 Å². The van der Waals surface area contributed by atoms with Crippen LogP contribution in [0.2, 0.25) is 0 Å². The summed E-state index contributed by atoms with van der Waals surface area (Å²) in [5.41, 5.74) is 8.21. The van der Waals surface area contributed by atoms with Crippen LogP contribution in [0.25, 0.3) is 46.4 Å². The highest BCUT2D eigenvalue weighted by Gasteiger charge is 2.19. The number of hydrogen-bond acceptors (Lipinski definition) is 3. The fourth-order valence-corrected chi connectivity index (χ4v) is 5.66. The minimum Gasteiger partial charge on any atom is -0.355 e. The average Bonchev–Trinajstić information content (AvgIpc) is 3.54. The topological polar surface area (TPSA) is 57.4 Å². The fourth-order valence-electron chi connectivity index (χ4n) is 4.28. The van der Waals surface area contributed by atoms with Crippen LogP contribution < -0.4 is 0 Å². The molecule has 0 amide bonds. The number of hydrogen-bond donors (Lipinski definition) is 2. The van der Waals surface area contributed by atoms with Crippen molar-refractivity contribution in [2.24, 2.45) is 0 Å². The van der Waals surface area contributed by atoms with Gasteiger partial charge >= 0.3 is 0 Å². The van der Waals surface area contributed by atoms with Crippen LogP contribution in [0.4, 0.5) is 0 Å². The maximum atomic E-state index is 4.94. The van der Waals surface area contributed by atoms with Crippen molar-refractivity contribution in [1.82, 2.24) is 19.9 Å². The van der Waals surface area contributed by atoms with Crippen LogP contribution in [0.3, 0.4) is 0 Å². The Labute approximate surface area is 179 Å². The minimum absolute atomic E-state index is 0.672. The van der Waals surface area contributed by atoms with Crippen LogP contribution in [0.5, 0.6) is 0 Å². The first kappa shape index (κ1) is 17.8. The number of nitrogens with zero attached hydrogens (tertiary/aromatic N) is 2. The molecule has 0 radical (unpaired) electrons.